The Morgan fingerprint density at radius 2 is 2.00 bits per heavy atom. The Morgan fingerprint density at radius 1 is 1.32 bits per heavy atom. The minimum Gasteiger partial charge on any atom is -0.496 e. The van der Waals surface area contributed by atoms with Gasteiger partial charge in [-0.1, -0.05) is 0 Å². The number of carbonyl (C=O) groups excluding carboxylic acids is 1. The van der Waals surface area contributed by atoms with Crippen LogP contribution in [0.5, 0.6) is 5.75 Å². The maximum absolute atomic E-state index is 12.1. The molecule has 1 saturated carbocycles. The average molecular weight is 263 g/mol. The summed E-state index contributed by atoms with van der Waals surface area (Å²) in [6, 6.07) is 5.62. The molecule has 1 aromatic rings. The van der Waals surface area contributed by atoms with Crippen molar-refractivity contribution in [1.29, 1.82) is 0 Å². The molecule has 2 rings (SSSR count). The standard InChI is InChI=1S/C15H21NO3/c1-10-9-12(5-8-14(10)19-2)16-15(18)11-3-6-13(17)7-4-11/h5,8-9,11,13,17H,3-4,6-7H2,1-2H3,(H,16,18). The molecular weight excluding hydrogens is 242 g/mol. The number of carbonyl (C=O) groups is 1. The number of rotatable bonds is 3. The highest BCUT2D eigenvalue weighted by atomic mass is 16.5. The van der Waals surface area contributed by atoms with E-state index in [1.165, 1.54) is 0 Å². The lowest BCUT2D eigenvalue weighted by molar-refractivity contribution is -0.121. The fourth-order valence-electron chi connectivity index (χ4n) is 2.54. The highest BCUT2D eigenvalue weighted by Gasteiger charge is 2.25. The molecule has 0 aromatic heterocycles. The van der Waals surface area contributed by atoms with Gasteiger partial charge in [-0.15, -0.1) is 0 Å². The first kappa shape index (κ1) is 13.9. The summed E-state index contributed by atoms with van der Waals surface area (Å²) in [6.45, 7) is 1.95. The number of ether oxygens (including phenoxy) is 1. The van der Waals surface area contributed by atoms with Gasteiger partial charge in [0.05, 0.1) is 13.2 Å². The van der Waals surface area contributed by atoms with Crippen LogP contribution in [-0.4, -0.2) is 24.2 Å². The summed E-state index contributed by atoms with van der Waals surface area (Å²) in [5, 5.41) is 12.4. The molecule has 0 saturated heterocycles. The Morgan fingerprint density at radius 3 is 2.58 bits per heavy atom. The van der Waals surface area contributed by atoms with Crippen LogP contribution in [-0.2, 0) is 4.79 Å². The summed E-state index contributed by atoms with van der Waals surface area (Å²) < 4.78 is 5.19. The topological polar surface area (TPSA) is 58.6 Å². The molecule has 0 bridgehead atoms. The summed E-state index contributed by atoms with van der Waals surface area (Å²) in [5.41, 5.74) is 1.80. The van der Waals surface area contributed by atoms with Crippen LogP contribution in [0.4, 0.5) is 5.69 Å². The molecule has 1 amide bonds. The third-order valence-corrected chi connectivity index (χ3v) is 3.73. The molecule has 0 unspecified atom stereocenters. The highest BCUT2D eigenvalue weighted by molar-refractivity contribution is 5.92. The predicted octanol–water partition coefficient (Wildman–Crippen LogP) is 2.49. The van der Waals surface area contributed by atoms with Gasteiger partial charge in [0.25, 0.3) is 0 Å². The fourth-order valence-corrected chi connectivity index (χ4v) is 2.54. The number of amides is 1. The van der Waals surface area contributed by atoms with Gasteiger partial charge in [0, 0.05) is 11.6 Å². The number of aliphatic hydroxyl groups excluding tert-OH is 1. The van der Waals surface area contributed by atoms with Crippen LogP contribution in [0.2, 0.25) is 0 Å². The number of anilines is 1. The van der Waals surface area contributed by atoms with Gasteiger partial charge in [-0.25, -0.2) is 0 Å². The van der Waals surface area contributed by atoms with Gasteiger partial charge in [0.2, 0.25) is 5.91 Å². The maximum atomic E-state index is 12.1. The van der Waals surface area contributed by atoms with Crippen LogP contribution in [0.25, 0.3) is 0 Å². The lowest BCUT2D eigenvalue weighted by atomic mass is 9.87. The normalized spacial score (nSPS) is 22.9. The zero-order chi connectivity index (χ0) is 13.8. The molecule has 1 fully saturated rings. The van der Waals surface area contributed by atoms with E-state index in [0.29, 0.717) is 0 Å². The number of aliphatic hydroxyl groups is 1. The van der Waals surface area contributed by atoms with Crippen LogP contribution < -0.4 is 10.1 Å². The van der Waals surface area contributed by atoms with Crippen molar-refractivity contribution in [2.24, 2.45) is 5.92 Å². The highest BCUT2D eigenvalue weighted by Crippen LogP contribution is 2.26. The van der Waals surface area contributed by atoms with Crippen molar-refractivity contribution in [1.82, 2.24) is 0 Å². The molecule has 0 spiro atoms. The smallest absolute Gasteiger partial charge is 0.227 e. The van der Waals surface area contributed by atoms with E-state index in [1.54, 1.807) is 7.11 Å². The van der Waals surface area contributed by atoms with E-state index in [4.69, 9.17) is 4.74 Å². The van der Waals surface area contributed by atoms with Gasteiger partial charge in [-0.2, -0.15) is 0 Å². The zero-order valence-electron chi connectivity index (χ0n) is 11.5. The summed E-state index contributed by atoms with van der Waals surface area (Å²) in [4.78, 5) is 12.1. The second-order valence-electron chi connectivity index (χ2n) is 5.18. The summed E-state index contributed by atoms with van der Waals surface area (Å²) in [7, 11) is 1.63. The Bertz CT molecular complexity index is 451. The van der Waals surface area contributed by atoms with E-state index in [2.05, 4.69) is 5.32 Å². The first-order valence-electron chi connectivity index (χ1n) is 6.73. The van der Waals surface area contributed by atoms with E-state index >= 15 is 0 Å². The van der Waals surface area contributed by atoms with Crippen molar-refractivity contribution in [3.8, 4) is 5.75 Å². The number of nitrogens with one attached hydrogen (secondary N) is 1. The van der Waals surface area contributed by atoms with Gasteiger partial charge in [0.15, 0.2) is 0 Å². The molecule has 0 heterocycles. The quantitative estimate of drug-likeness (QED) is 0.881. The third kappa shape index (κ3) is 3.47. The zero-order valence-corrected chi connectivity index (χ0v) is 11.5. The van der Waals surface area contributed by atoms with Gasteiger partial charge in [0.1, 0.15) is 5.75 Å². The summed E-state index contributed by atoms with van der Waals surface area (Å²) >= 11 is 0. The minimum atomic E-state index is -0.229. The Kier molecular flexibility index (Phi) is 4.43. The summed E-state index contributed by atoms with van der Waals surface area (Å²) in [6.07, 6.45) is 2.75. The molecule has 19 heavy (non-hydrogen) atoms. The molecular formula is C15H21NO3. The van der Waals surface area contributed by atoms with E-state index in [1.807, 2.05) is 25.1 Å². The van der Waals surface area contributed by atoms with Crippen molar-refractivity contribution < 1.29 is 14.6 Å². The van der Waals surface area contributed by atoms with Crippen molar-refractivity contribution >= 4 is 11.6 Å². The maximum Gasteiger partial charge on any atom is 0.227 e. The van der Waals surface area contributed by atoms with E-state index in [9.17, 15) is 9.90 Å². The number of hydrogen-bond acceptors (Lipinski definition) is 3. The van der Waals surface area contributed by atoms with E-state index < -0.39 is 0 Å². The van der Waals surface area contributed by atoms with Crippen molar-refractivity contribution in [2.45, 2.75) is 38.7 Å². The molecule has 0 atom stereocenters. The lowest BCUT2D eigenvalue weighted by Crippen LogP contribution is -2.28. The first-order chi connectivity index (χ1) is 9.10. The van der Waals surface area contributed by atoms with Gasteiger partial charge in [-0.05, 0) is 56.4 Å². The van der Waals surface area contributed by atoms with Crippen LogP contribution in [0.3, 0.4) is 0 Å². The van der Waals surface area contributed by atoms with Gasteiger partial charge < -0.3 is 15.2 Å². The minimum absolute atomic E-state index is 0.0193. The number of hydrogen-bond donors (Lipinski definition) is 2. The largest absolute Gasteiger partial charge is 0.496 e. The molecule has 1 aliphatic carbocycles. The van der Waals surface area contributed by atoms with Gasteiger partial charge >= 0.3 is 0 Å². The van der Waals surface area contributed by atoms with Crippen LogP contribution in [0.15, 0.2) is 18.2 Å². The number of aryl methyl sites for hydroxylation is 1. The van der Waals surface area contributed by atoms with Crippen molar-refractivity contribution in [3.05, 3.63) is 23.8 Å². The Balaban J connectivity index is 1.97. The number of methoxy groups -OCH3 is 1. The van der Waals surface area contributed by atoms with Crippen LogP contribution >= 0.6 is 0 Å². The average Bonchev–Trinajstić information content (AvgIpc) is 2.39. The lowest BCUT2D eigenvalue weighted by Gasteiger charge is -2.24. The third-order valence-electron chi connectivity index (χ3n) is 3.73. The predicted molar refractivity (Wildman–Crippen MR) is 74.3 cm³/mol. The van der Waals surface area contributed by atoms with Gasteiger partial charge in [-0.3, -0.25) is 4.79 Å². The molecule has 104 valence electrons. The molecule has 4 heteroatoms. The Hall–Kier alpha value is -1.55. The van der Waals surface area contributed by atoms with E-state index in [0.717, 1.165) is 42.7 Å². The monoisotopic (exact) mass is 263 g/mol. The molecule has 1 aromatic carbocycles. The Labute approximate surface area is 113 Å². The molecule has 1 aliphatic rings. The van der Waals surface area contributed by atoms with Crippen LogP contribution in [0, 0.1) is 12.8 Å². The summed E-state index contributed by atoms with van der Waals surface area (Å²) in [5.74, 6) is 0.890. The fraction of sp³-hybridized carbons (Fsp3) is 0.533. The SMILES string of the molecule is COc1ccc(NC(=O)C2CCC(O)CC2)cc1C. The first-order valence-corrected chi connectivity index (χ1v) is 6.73. The van der Waals surface area contributed by atoms with Crippen molar-refractivity contribution in [2.75, 3.05) is 12.4 Å². The molecule has 0 aliphatic heterocycles. The molecule has 4 nitrogen and oxygen atoms in total. The number of benzene rings is 1. The molecule has 2 N–H and O–H groups in total. The molecule has 0 radical (unpaired) electrons. The van der Waals surface area contributed by atoms with E-state index in [-0.39, 0.29) is 17.9 Å². The second-order valence-corrected chi connectivity index (χ2v) is 5.18. The van der Waals surface area contributed by atoms with Crippen LogP contribution in [0.1, 0.15) is 31.2 Å². The second kappa shape index (κ2) is 6.06. The van der Waals surface area contributed by atoms with Crippen molar-refractivity contribution in [3.63, 3.8) is 0 Å².